The molecule has 0 fully saturated rings. The van der Waals surface area contributed by atoms with Crippen molar-refractivity contribution < 1.29 is 26.0 Å². The zero-order valence-electron chi connectivity index (χ0n) is 7.15. The summed E-state index contributed by atoms with van der Waals surface area (Å²) in [5.74, 6) is 0. The molecular formula is C6H10F4O2S. The number of hydrogen-bond acceptors (Lipinski definition) is 2. The first-order valence-electron chi connectivity index (χ1n) is 3.36. The van der Waals surface area contributed by atoms with Crippen LogP contribution in [0, 0.1) is 0 Å². The van der Waals surface area contributed by atoms with Crippen molar-refractivity contribution in [1.82, 2.24) is 0 Å². The van der Waals surface area contributed by atoms with Crippen LogP contribution in [0.5, 0.6) is 0 Å². The summed E-state index contributed by atoms with van der Waals surface area (Å²) in [6, 6.07) is 0. The van der Waals surface area contributed by atoms with Gasteiger partial charge in [0.05, 0.1) is 0 Å². The SMILES string of the molecule is CC(F)(CF)S(=O)(=O)C(C)(F)CF. The summed E-state index contributed by atoms with van der Waals surface area (Å²) in [5, 5.41) is -6.77. The van der Waals surface area contributed by atoms with Crippen LogP contribution in [0.1, 0.15) is 13.8 Å². The average molecular weight is 222 g/mol. The molecule has 2 atom stereocenters. The first-order valence-corrected chi connectivity index (χ1v) is 4.84. The van der Waals surface area contributed by atoms with Gasteiger partial charge in [-0.05, 0) is 13.8 Å². The summed E-state index contributed by atoms with van der Waals surface area (Å²) in [4.78, 5) is 0. The fourth-order valence-corrected chi connectivity index (χ4v) is 1.76. The minimum atomic E-state index is -5.12. The van der Waals surface area contributed by atoms with Gasteiger partial charge in [0.15, 0.2) is 0 Å². The van der Waals surface area contributed by atoms with Gasteiger partial charge in [-0.3, -0.25) is 0 Å². The van der Waals surface area contributed by atoms with Crippen LogP contribution in [0.15, 0.2) is 0 Å². The van der Waals surface area contributed by atoms with E-state index < -0.39 is 33.2 Å². The quantitative estimate of drug-likeness (QED) is 0.678. The Kier molecular flexibility index (Phi) is 3.35. The van der Waals surface area contributed by atoms with E-state index in [4.69, 9.17) is 0 Å². The summed E-state index contributed by atoms with van der Waals surface area (Å²) in [5.41, 5.74) is 0. The van der Waals surface area contributed by atoms with Gasteiger partial charge in [0.2, 0.25) is 19.8 Å². The van der Waals surface area contributed by atoms with Gasteiger partial charge in [-0.15, -0.1) is 0 Å². The Morgan fingerprint density at radius 1 is 1.00 bits per heavy atom. The maximum atomic E-state index is 12.9. The van der Waals surface area contributed by atoms with Crippen molar-refractivity contribution in [3.8, 4) is 0 Å². The lowest BCUT2D eigenvalue weighted by Crippen LogP contribution is -2.46. The number of rotatable bonds is 4. The van der Waals surface area contributed by atoms with Crippen molar-refractivity contribution in [2.75, 3.05) is 13.3 Å². The fraction of sp³-hybridized carbons (Fsp3) is 1.00. The Morgan fingerprint density at radius 2 is 1.23 bits per heavy atom. The lowest BCUT2D eigenvalue weighted by Gasteiger charge is -2.24. The first-order chi connectivity index (χ1) is 5.62. The largest absolute Gasteiger partial charge is 0.246 e. The van der Waals surface area contributed by atoms with Gasteiger partial charge in [0.25, 0.3) is 0 Å². The van der Waals surface area contributed by atoms with Crippen LogP contribution in [0.2, 0.25) is 0 Å². The second kappa shape index (κ2) is 3.43. The molecule has 0 aromatic heterocycles. The molecule has 7 heteroatoms. The van der Waals surface area contributed by atoms with Crippen molar-refractivity contribution in [2.24, 2.45) is 0 Å². The van der Waals surface area contributed by atoms with E-state index in [1.165, 1.54) is 0 Å². The molecule has 0 saturated heterocycles. The van der Waals surface area contributed by atoms with E-state index in [-0.39, 0.29) is 0 Å². The molecule has 80 valence electrons. The predicted octanol–water partition coefficient (Wildman–Crippen LogP) is 1.71. The standard InChI is InChI=1S/C6H10F4O2S/c1-5(9,3-7)13(11,12)6(2,10)4-8/h3-4H2,1-2H3. The van der Waals surface area contributed by atoms with E-state index in [0.717, 1.165) is 0 Å². The van der Waals surface area contributed by atoms with Gasteiger partial charge in [-0.1, -0.05) is 0 Å². The lowest BCUT2D eigenvalue weighted by atomic mass is 10.5. The third-order valence-corrected chi connectivity index (χ3v) is 4.06. The molecule has 0 aliphatic heterocycles. The molecule has 0 aliphatic carbocycles. The van der Waals surface area contributed by atoms with E-state index >= 15 is 0 Å². The van der Waals surface area contributed by atoms with E-state index in [1.54, 1.807) is 0 Å². The average Bonchev–Trinajstić information content (AvgIpc) is 2.03. The molecule has 0 aromatic carbocycles. The van der Waals surface area contributed by atoms with Crippen LogP contribution in [0.4, 0.5) is 17.6 Å². The maximum absolute atomic E-state index is 12.9. The second-order valence-electron chi connectivity index (χ2n) is 2.97. The van der Waals surface area contributed by atoms with Crippen LogP contribution in [0.3, 0.4) is 0 Å². The molecule has 0 rings (SSSR count). The molecule has 0 bridgehead atoms. The molecule has 0 aromatic rings. The molecule has 0 radical (unpaired) electrons. The summed E-state index contributed by atoms with van der Waals surface area (Å²) in [6.45, 7) is -3.10. The Bertz CT molecular complexity index is 248. The molecule has 13 heavy (non-hydrogen) atoms. The molecule has 2 nitrogen and oxygen atoms in total. The van der Waals surface area contributed by atoms with Crippen molar-refractivity contribution >= 4 is 9.84 Å². The summed E-state index contributed by atoms with van der Waals surface area (Å²) in [6.07, 6.45) is 0. The minimum Gasteiger partial charge on any atom is -0.246 e. The van der Waals surface area contributed by atoms with Gasteiger partial charge < -0.3 is 0 Å². The van der Waals surface area contributed by atoms with Crippen molar-refractivity contribution in [1.29, 1.82) is 0 Å². The summed E-state index contributed by atoms with van der Waals surface area (Å²) in [7, 11) is -5.12. The number of halogens is 4. The van der Waals surface area contributed by atoms with Crippen molar-refractivity contribution in [3.05, 3.63) is 0 Å². The van der Waals surface area contributed by atoms with Gasteiger partial charge >= 0.3 is 0 Å². The Labute approximate surface area is 73.9 Å². The number of alkyl halides is 4. The summed E-state index contributed by atoms with van der Waals surface area (Å²) >= 11 is 0. The van der Waals surface area contributed by atoms with Crippen LogP contribution < -0.4 is 0 Å². The van der Waals surface area contributed by atoms with Crippen molar-refractivity contribution in [2.45, 2.75) is 23.8 Å². The Hall–Kier alpha value is -0.330. The molecule has 0 heterocycles. The third-order valence-electron chi connectivity index (χ3n) is 1.60. The maximum Gasteiger partial charge on any atom is 0.239 e. The Balaban J connectivity index is 5.23. The molecule has 0 amide bonds. The van der Waals surface area contributed by atoms with Crippen LogP contribution in [-0.2, 0) is 9.84 Å². The molecule has 0 N–H and O–H groups in total. The molecular weight excluding hydrogens is 212 g/mol. The normalized spacial score (nSPS) is 22.0. The van der Waals surface area contributed by atoms with Gasteiger partial charge in [0.1, 0.15) is 13.3 Å². The summed E-state index contributed by atoms with van der Waals surface area (Å²) < 4.78 is 71.4. The first kappa shape index (κ1) is 12.7. The Morgan fingerprint density at radius 3 is 1.38 bits per heavy atom. The van der Waals surface area contributed by atoms with E-state index in [2.05, 4.69) is 0 Å². The van der Waals surface area contributed by atoms with Crippen LogP contribution in [-0.4, -0.2) is 31.8 Å². The van der Waals surface area contributed by atoms with Gasteiger partial charge in [-0.25, -0.2) is 26.0 Å². The predicted molar refractivity (Wildman–Crippen MR) is 39.9 cm³/mol. The molecule has 0 saturated carbocycles. The third kappa shape index (κ3) is 1.95. The smallest absolute Gasteiger partial charge is 0.239 e. The highest BCUT2D eigenvalue weighted by Crippen LogP contribution is 2.32. The monoisotopic (exact) mass is 222 g/mol. The zero-order valence-corrected chi connectivity index (χ0v) is 7.97. The fourth-order valence-electron chi connectivity index (χ4n) is 0.587. The van der Waals surface area contributed by atoms with E-state index in [1.807, 2.05) is 0 Å². The van der Waals surface area contributed by atoms with Crippen LogP contribution >= 0.6 is 0 Å². The van der Waals surface area contributed by atoms with E-state index in [0.29, 0.717) is 13.8 Å². The minimum absolute atomic E-state index is 0.357. The number of hydrogen-bond donors (Lipinski definition) is 0. The lowest BCUT2D eigenvalue weighted by molar-refractivity contribution is 0.184. The van der Waals surface area contributed by atoms with Gasteiger partial charge in [-0.2, -0.15) is 0 Å². The topological polar surface area (TPSA) is 34.1 Å². The highest BCUT2D eigenvalue weighted by atomic mass is 32.2. The van der Waals surface area contributed by atoms with Crippen molar-refractivity contribution in [3.63, 3.8) is 0 Å². The second-order valence-corrected chi connectivity index (χ2v) is 5.68. The zero-order chi connectivity index (χ0) is 10.9. The highest BCUT2D eigenvalue weighted by molar-refractivity contribution is 7.93. The molecule has 2 unspecified atom stereocenters. The van der Waals surface area contributed by atoms with E-state index in [9.17, 15) is 26.0 Å². The molecule has 0 aliphatic rings. The number of sulfone groups is 1. The highest BCUT2D eigenvalue weighted by Gasteiger charge is 2.53. The van der Waals surface area contributed by atoms with Gasteiger partial charge in [0, 0.05) is 0 Å². The van der Waals surface area contributed by atoms with Crippen LogP contribution in [0.25, 0.3) is 0 Å². The molecule has 0 spiro atoms.